The predicted octanol–water partition coefficient (Wildman–Crippen LogP) is 1.20. The first-order chi connectivity index (χ1) is 5.77. The molecule has 0 N–H and O–H groups in total. The van der Waals surface area contributed by atoms with Crippen LogP contribution in [-0.2, 0) is 0 Å². The van der Waals surface area contributed by atoms with Gasteiger partial charge < -0.3 is 0 Å². The molecule has 0 amide bonds. The van der Waals surface area contributed by atoms with Gasteiger partial charge in [-0.25, -0.2) is 0 Å². The van der Waals surface area contributed by atoms with Crippen LogP contribution >= 0.6 is 0 Å². The smallest absolute Gasteiger partial charge is 0.134 e. The van der Waals surface area contributed by atoms with Crippen LogP contribution in [-0.4, -0.2) is 9.73 Å². The van der Waals surface area contributed by atoms with Crippen molar-refractivity contribution < 1.29 is 4.68 Å². The molecule has 0 bridgehead atoms. The molecule has 0 atom stereocenters. The third kappa shape index (κ3) is 1.07. The third-order valence-corrected chi connectivity index (χ3v) is 1.86. The van der Waals surface area contributed by atoms with Crippen molar-refractivity contribution in [3.05, 3.63) is 30.6 Å². The molecule has 2 aromatic heterocycles. The summed E-state index contributed by atoms with van der Waals surface area (Å²) in [5.41, 5.74) is 1.13. The maximum Gasteiger partial charge on any atom is 0.196 e. The van der Waals surface area contributed by atoms with Crippen LogP contribution in [0.2, 0.25) is 0 Å². The molecular weight excluding hydrogens is 150 g/mol. The van der Waals surface area contributed by atoms with Gasteiger partial charge in [0.25, 0.3) is 0 Å². The fourth-order valence-electron chi connectivity index (χ4n) is 1.16. The van der Waals surface area contributed by atoms with Crippen molar-refractivity contribution >= 4 is 5.52 Å². The van der Waals surface area contributed by atoms with E-state index in [0.717, 1.165) is 5.52 Å². The first-order valence-electron chi connectivity index (χ1n) is 4.13. The Morgan fingerprint density at radius 1 is 1.42 bits per heavy atom. The van der Waals surface area contributed by atoms with Gasteiger partial charge in [0.15, 0.2) is 11.7 Å². The highest BCUT2D eigenvalue weighted by atomic mass is 15.5. The Hall–Kier alpha value is -1.38. The van der Waals surface area contributed by atoms with Gasteiger partial charge in [-0.2, -0.15) is 0 Å². The molecule has 2 heterocycles. The highest BCUT2D eigenvalue weighted by molar-refractivity contribution is 5.40. The molecule has 3 heteroatoms. The standard InChI is InChI=1S/C9H12N3/c1-8(2)12-7-9-5-3-4-6-11(9)10-12/h3-8H,1-2H3/q+1. The van der Waals surface area contributed by atoms with E-state index in [0.29, 0.717) is 6.04 Å². The number of hydrogen-bond acceptors (Lipinski definition) is 1. The zero-order chi connectivity index (χ0) is 8.55. The molecule has 3 nitrogen and oxygen atoms in total. The minimum absolute atomic E-state index is 0.421. The van der Waals surface area contributed by atoms with Crippen LogP contribution in [0.15, 0.2) is 30.6 Å². The number of pyridine rings is 1. The summed E-state index contributed by atoms with van der Waals surface area (Å²) < 4.78 is 3.83. The fraction of sp³-hybridized carbons (Fsp3) is 0.333. The quantitative estimate of drug-likeness (QED) is 0.577. The predicted molar refractivity (Wildman–Crippen MR) is 45.8 cm³/mol. The van der Waals surface area contributed by atoms with Gasteiger partial charge in [0.2, 0.25) is 0 Å². The maximum absolute atomic E-state index is 4.35. The van der Waals surface area contributed by atoms with Crippen molar-refractivity contribution in [2.45, 2.75) is 19.9 Å². The van der Waals surface area contributed by atoms with Crippen LogP contribution in [0.3, 0.4) is 0 Å². The van der Waals surface area contributed by atoms with E-state index in [1.807, 2.05) is 39.8 Å². The van der Waals surface area contributed by atoms with Crippen LogP contribution in [0, 0.1) is 0 Å². The van der Waals surface area contributed by atoms with E-state index in [9.17, 15) is 0 Å². The molecule has 0 saturated heterocycles. The average Bonchev–Trinajstić information content (AvgIpc) is 2.46. The van der Waals surface area contributed by atoms with Crippen molar-refractivity contribution in [1.82, 2.24) is 9.73 Å². The van der Waals surface area contributed by atoms with Crippen LogP contribution < -0.4 is 4.68 Å². The zero-order valence-electron chi connectivity index (χ0n) is 7.31. The molecule has 2 aromatic rings. The minimum Gasteiger partial charge on any atom is -0.134 e. The highest BCUT2D eigenvalue weighted by Gasteiger charge is 2.09. The van der Waals surface area contributed by atoms with Gasteiger partial charge in [0.1, 0.15) is 12.2 Å². The number of hydrogen-bond donors (Lipinski definition) is 0. The van der Waals surface area contributed by atoms with Crippen LogP contribution in [0.1, 0.15) is 19.9 Å². The molecule has 0 aliphatic heterocycles. The second-order valence-electron chi connectivity index (χ2n) is 3.16. The molecule has 12 heavy (non-hydrogen) atoms. The molecule has 62 valence electrons. The lowest BCUT2D eigenvalue weighted by atomic mass is 10.4. The van der Waals surface area contributed by atoms with E-state index in [1.165, 1.54) is 0 Å². The van der Waals surface area contributed by atoms with E-state index >= 15 is 0 Å². The Bertz CT molecular complexity index is 356. The summed E-state index contributed by atoms with van der Waals surface area (Å²) in [4.78, 5) is 0. The average molecular weight is 162 g/mol. The van der Waals surface area contributed by atoms with E-state index in [4.69, 9.17) is 0 Å². The van der Waals surface area contributed by atoms with Gasteiger partial charge in [0, 0.05) is 0 Å². The zero-order valence-corrected chi connectivity index (χ0v) is 7.31. The Labute approximate surface area is 71.2 Å². The number of rotatable bonds is 1. The summed E-state index contributed by atoms with van der Waals surface area (Å²) in [6, 6.07) is 6.46. The Balaban J connectivity index is 2.62. The van der Waals surface area contributed by atoms with Crippen molar-refractivity contribution in [3.63, 3.8) is 0 Å². The molecule has 2 rings (SSSR count). The van der Waals surface area contributed by atoms with Gasteiger partial charge >= 0.3 is 0 Å². The lowest BCUT2D eigenvalue weighted by Gasteiger charge is -1.92. The Morgan fingerprint density at radius 2 is 2.25 bits per heavy atom. The minimum atomic E-state index is 0.421. The second kappa shape index (κ2) is 2.59. The summed E-state index contributed by atoms with van der Waals surface area (Å²) in [6.45, 7) is 4.24. The summed E-state index contributed by atoms with van der Waals surface area (Å²) in [5, 5.41) is 4.35. The fourth-order valence-corrected chi connectivity index (χ4v) is 1.16. The molecular formula is C9H12N3+. The van der Waals surface area contributed by atoms with E-state index in [1.54, 1.807) is 0 Å². The Morgan fingerprint density at radius 3 is 2.92 bits per heavy atom. The van der Waals surface area contributed by atoms with E-state index in [2.05, 4.69) is 19.1 Å². The number of fused-ring (bicyclic) bond motifs is 1. The summed E-state index contributed by atoms with van der Waals surface area (Å²) >= 11 is 0. The van der Waals surface area contributed by atoms with E-state index < -0.39 is 0 Å². The van der Waals surface area contributed by atoms with Crippen LogP contribution in [0.5, 0.6) is 0 Å². The summed E-state index contributed by atoms with van der Waals surface area (Å²) in [7, 11) is 0. The molecule has 0 saturated carbocycles. The van der Waals surface area contributed by atoms with Crippen molar-refractivity contribution in [2.24, 2.45) is 0 Å². The SMILES string of the molecule is CC(C)[n+]1cc2ccccn2n1. The van der Waals surface area contributed by atoms with Gasteiger partial charge in [0.05, 0.1) is 5.21 Å². The van der Waals surface area contributed by atoms with Gasteiger partial charge in [-0.15, -0.1) is 9.20 Å². The van der Waals surface area contributed by atoms with Crippen molar-refractivity contribution in [2.75, 3.05) is 0 Å². The summed E-state index contributed by atoms with van der Waals surface area (Å²) in [6.07, 6.45) is 4.00. The van der Waals surface area contributed by atoms with Crippen molar-refractivity contribution in [1.29, 1.82) is 0 Å². The Kier molecular flexibility index (Phi) is 1.57. The van der Waals surface area contributed by atoms with Gasteiger partial charge in [-0.1, -0.05) is 6.07 Å². The normalized spacial score (nSPS) is 11.2. The first kappa shape index (κ1) is 7.28. The number of aromatic nitrogens is 3. The largest absolute Gasteiger partial charge is 0.196 e. The second-order valence-corrected chi connectivity index (χ2v) is 3.16. The van der Waals surface area contributed by atoms with Gasteiger partial charge in [-0.3, -0.25) is 0 Å². The highest BCUT2D eigenvalue weighted by Crippen LogP contribution is 1.98. The lowest BCUT2D eigenvalue weighted by Crippen LogP contribution is -2.37. The molecule has 0 aliphatic rings. The maximum atomic E-state index is 4.35. The summed E-state index contributed by atoms with van der Waals surface area (Å²) in [5.74, 6) is 0. The van der Waals surface area contributed by atoms with Crippen LogP contribution in [0.4, 0.5) is 0 Å². The molecule has 0 spiro atoms. The topological polar surface area (TPSA) is 21.2 Å². The number of nitrogens with zero attached hydrogens (tertiary/aromatic N) is 3. The lowest BCUT2D eigenvalue weighted by molar-refractivity contribution is -0.771. The first-order valence-corrected chi connectivity index (χ1v) is 4.13. The third-order valence-electron chi connectivity index (χ3n) is 1.86. The van der Waals surface area contributed by atoms with Crippen LogP contribution in [0.25, 0.3) is 5.52 Å². The molecule has 0 radical (unpaired) electrons. The monoisotopic (exact) mass is 162 g/mol. The van der Waals surface area contributed by atoms with Crippen molar-refractivity contribution in [3.8, 4) is 0 Å². The molecule has 0 unspecified atom stereocenters. The van der Waals surface area contributed by atoms with Gasteiger partial charge in [-0.05, 0) is 26.0 Å². The molecule has 0 aliphatic carbocycles. The molecule has 0 fully saturated rings. The molecule has 0 aromatic carbocycles. The van der Waals surface area contributed by atoms with E-state index in [-0.39, 0.29) is 0 Å².